The summed E-state index contributed by atoms with van der Waals surface area (Å²) in [6, 6.07) is 8.93. The first-order valence-corrected chi connectivity index (χ1v) is 6.07. The first kappa shape index (κ1) is 13.7. The van der Waals surface area contributed by atoms with E-state index in [1.54, 1.807) is 24.4 Å². The lowest BCUT2D eigenvalue weighted by Gasteiger charge is -2.06. The lowest BCUT2D eigenvalue weighted by molar-refractivity contribution is 0.102. The van der Waals surface area contributed by atoms with Crippen molar-refractivity contribution < 1.29 is 9.18 Å². The molecule has 0 bridgehead atoms. The van der Waals surface area contributed by atoms with Gasteiger partial charge in [-0.2, -0.15) is 0 Å². The molecule has 1 aromatic carbocycles. The average Bonchev–Trinajstić information content (AvgIpc) is 2.48. The number of nitrogens with zero attached hydrogens (tertiary/aromatic N) is 1. The van der Waals surface area contributed by atoms with Crippen LogP contribution in [-0.2, 0) is 0 Å². The largest absolute Gasteiger partial charge is 0.380 e. The highest BCUT2D eigenvalue weighted by molar-refractivity contribution is 6.02. The Balaban J connectivity index is 2.01. The Morgan fingerprint density at radius 3 is 2.50 bits per heavy atom. The quantitative estimate of drug-likeness (QED) is 0.822. The Labute approximate surface area is 116 Å². The number of anilines is 2. The lowest BCUT2D eigenvalue weighted by atomic mass is 10.2. The molecule has 0 saturated carbocycles. The summed E-state index contributed by atoms with van der Waals surface area (Å²) < 4.78 is 12.8. The third kappa shape index (κ3) is 3.65. The van der Waals surface area contributed by atoms with Crippen LogP contribution in [0.1, 0.15) is 10.5 Å². The molecule has 0 unspecified atom stereocenters. The second kappa shape index (κ2) is 6.47. The molecule has 0 radical (unpaired) electrons. The monoisotopic (exact) mass is 271 g/mol. The Hall–Kier alpha value is -2.69. The van der Waals surface area contributed by atoms with Gasteiger partial charge in [-0.25, -0.2) is 9.37 Å². The van der Waals surface area contributed by atoms with Gasteiger partial charge in [-0.1, -0.05) is 6.08 Å². The number of amides is 1. The van der Waals surface area contributed by atoms with Crippen molar-refractivity contribution in [3.63, 3.8) is 0 Å². The van der Waals surface area contributed by atoms with Crippen molar-refractivity contribution in [1.29, 1.82) is 0 Å². The fraction of sp³-hybridized carbons (Fsp3) is 0.0667. The molecular weight excluding hydrogens is 257 g/mol. The third-order valence-electron chi connectivity index (χ3n) is 2.55. The van der Waals surface area contributed by atoms with E-state index in [0.717, 1.165) is 5.69 Å². The van der Waals surface area contributed by atoms with Gasteiger partial charge < -0.3 is 10.6 Å². The van der Waals surface area contributed by atoms with Gasteiger partial charge in [-0.15, -0.1) is 6.58 Å². The van der Waals surface area contributed by atoms with Crippen molar-refractivity contribution in [1.82, 2.24) is 4.98 Å². The Kier molecular flexibility index (Phi) is 4.44. The van der Waals surface area contributed by atoms with Gasteiger partial charge in [0.15, 0.2) is 0 Å². The number of pyridine rings is 1. The Morgan fingerprint density at radius 2 is 1.90 bits per heavy atom. The summed E-state index contributed by atoms with van der Waals surface area (Å²) in [5.41, 5.74) is 1.62. The standard InChI is InChI=1S/C15H14FN3O/c1-2-9-17-13-7-8-14(18-10-13)15(20)19-12-5-3-11(16)4-6-12/h2-8,10,17H,1,9H2,(H,19,20). The van der Waals surface area contributed by atoms with E-state index >= 15 is 0 Å². The maximum Gasteiger partial charge on any atom is 0.274 e. The fourth-order valence-corrected chi connectivity index (χ4v) is 1.55. The molecule has 0 saturated heterocycles. The number of benzene rings is 1. The first-order chi connectivity index (χ1) is 9.69. The van der Waals surface area contributed by atoms with Crippen LogP contribution in [0.5, 0.6) is 0 Å². The molecule has 4 nitrogen and oxygen atoms in total. The third-order valence-corrected chi connectivity index (χ3v) is 2.55. The number of nitrogens with one attached hydrogen (secondary N) is 2. The molecule has 0 fully saturated rings. The van der Waals surface area contributed by atoms with Gasteiger partial charge in [0.2, 0.25) is 0 Å². The number of hydrogen-bond donors (Lipinski definition) is 2. The van der Waals surface area contributed by atoms with Crippen LogP contribution in [-0.4, -0.2) is 17.4 Å². The summed E-state index contributed by atoms with van der Waals surface area (Å²) in [6.07, 6.45) is 3.30. The van der Waals surface area contributed by atoms with Crippen molar-refractivity contribution in [2.45, 2.75) is 0 Å². The van der Waals surface area contributed by atoms with Crippen LogP contribution >= 0.6 is 0 Å². The number of halogens is 1. The molecule has 0 spiro atoms. The molecule has 1 aromatic heterocycles. The van der Waals surface area contributed by atoms with E-state index in [2.05, 4.69) is 22.2 Å². The number of carbonyl (C=O) groups is 1. The van der Waals surface area contributed by atoms with E-state index in [1.807, 2.05) is 0 Å². The maximum atomic E-state index is 12.8. The van der Waals surface area contributed by atoms with Crippen LogP contribution in [0.4, 0.5) is 15.8 Å². The molecule has 0 aliphatic rings. The van der Waals surface area contributed by atoms with E-state index in [9.17, 15) is 9.18 Å². The number of rotatable bonds is 5. The van der Waals surface area contributed by atoms with Gasteiger partial charge in [0, 0.05) is 12.2 Å². The molecule has 0 aliphatic carbocycles. The summed E-state index contributed by atoms with van der Waals surface area (Å²) in [6.45, 7) is 4.23. The molecule has 1 heterocycles. The van der Waals surface area contributed by atoms with E-state index in [0.29, 0.717) is 17.9 Å². The highest BCUT2D eigenvalue weighted by atomic mass is 19.1. The predicted octanol–water partition coefficient (Wildman–Crippen LogP) is 3.07. The van der Waals surface area contributed by atoms with Crippen molar-refractivity contribution in [2.75, 3.05) is 17.2 Å². The van der Waals surface area contributed by atoms with E-state index < -0.39 is 0 Å². The van der Waals surface area contributed by atoms with Crippen molar-refractivity contribution in [3.05, 3.63) is 66.8 Å². The highest BCUT2D eigenvalue weighted by Gasteiger charge is 2.07. The maximum absolute atomic E-state index is 12.8. The van der Waals surface area contributed by atoms with Gasteiger partial charge >= 0.3 is 0 Å². The Morgan fingerprint density at radius 1 is 1.20 bits per heavy atom. The summed E-state index contributed by atoms with van der Waals surface area (Å²) in [7, 11) is 0. The second-order valence-corrected chi connectivity index (χ2v) is 4.06. The molecule has 0 aliphatic heterocycles. The van der Waals surface area contributed by atoms with Crippen LogP contribution in [0.15, 0.2) is 55.3 Å². The van der Waals surface area contributed by atoms with Crippen LogP contribution < -0.4 is 10.6 Å². The fourth-order valence-electron chi connectivity index (χ4n) is 1.55. The van der Waals surface area contributed by atoms with E-state index in [1.165, 1.54) is 24.3 Å². The predicted molar refractivity (Wildman–Crippen MR) is 77.3 cm³/mol. The number of aromatic nitrogens is 1. The van der Waals surface area contributed by atoms with Crippen LogP contribution in [0.3, 0.4) is 0 Å². The molecule has 0 atom stereocenters. The molecule has 1 amide bonds. The molecule has 2 aromatic rings. The van der Waals surface area contributed by atoms with E-state index in [-0.39, 0.29) is 11.7 Å². The van der Waals surface area contributed by atoms with Gasteiger partial charge in [-0.3, -0.25) is 4.79 Å². The minimum Gasteiger partial charge on any atom is -0.380 e. The zero-order valence-corrected chi connectivity index (χ0v) is 10.8. The highest BCUT2D eigenvalue weighted by Crippen LogP contribution is 2.11. The SMILES string of the molecule is C=CCNc1ccc(C(=O)Nc2ccc(F)cc2)nc1. The summed E-state index contributed by atoms with van der Waals surface area (Å²) >= 11 is 0. The number of hydrogen-bond acceptors (Lipinski definition) is 3. The molecule has 102 valence electrons. The Bertz CT molecular complexity index is 594. The topological polar surface area (TPSA) is 54.0 Å². The van der Waals surface area contributed by atoms with Gasteiger partial charge in [-0.05, 0) is 36.4 Å². The molecule has 5 heteroatoms. The first-order valence-electron chi connectivity index (χ1n) is 6.07. The molecule has 2 N–H and O–H groups in total. The zero-order valence-electron chi connectivity index (χ0n) is 10.8. The molecule has 2 rings (SSSR count). The van der Waals surface area contributed by atoms with Crippen LogP contribution in [0, 0.1) is 5.82 Å². The normalized spacial score (nSPS) is 9.85. The van der Waals surface area contributed by atoms with Gasteiger partial charge in [0.25, 0.3) is 5.91 Å². The lowest BCUT2D eigenvalue weighted by Crippen LogP contribution is -2.13. The van der Waals surface area contributed by atoms with Gasteiger partial charge in [0.05, 0.1) is 11.9 Å². The molecule has 20 heavy (non-hydrogen) atoms. The second-order valence-electron chi connectivity index (χ2n) is 4.06. The minimum atomic E-state index is -0.348. The summed E-state index contributed by atoms with van der Waals surface area (Å²) in [4.78, 5) is 16.0. The van der Waals surface area contributed by atoms with Crippen molar-refractivity contribution in [2.24, 2.45) is 0 Å². The van der Waals surface area contributed by atoms with Crippen LogP contribution in [0.25, 0.3) is 0 Å². The van der Waals surface area contributed by atoms with E-state index in [4.69, 9.17) is 0 Å². The molecular formula is C15H14FN3O. The van der Waals surface area contributed by atoms with Crippen LogP contribution in [0.2, 0.25) is 0 Å². The number of carbonyl (C=O) groups excluding carboxylic acids is 1. The van der Waals surface area contributed by atoms with Crippen molar-refractivity contribution >= 4 is 17.3 Å². The average molecular weight is 271 g/mol. The van der Waals surface area contributed by atoms with Crippen molar-refractivity contribution in [3.8, 4) is 0 Å². The smallest absolute Gasteiger partial charge is 0.274 e. The minimum absolute atomic E-state index is 0.290. The zero-order chi connectivity index (χ0) is 14.4. The summed E-state index contributed by atoms with van der Waals surface area (Å²) in [5.74, 6) is -0.689. The van der Waals surface area contributed by atoms with Gasteiger partial charge in [0.1, 0.15) is 11.5 Å². The summed E-state index contributed by atoms with van der Waals surface area (Å²) in [5, 5.41) is 5.71.